The molecule has 0 bridgehead atoms. The molecule has 0 radical (unpaired) electrons. The van der Waals surface area contributed by atoms with Gasteiger partial charge in [-0.1, -0.05) is 37.3 Å². The Labute approximate surface area is 193 Å². The van der Waals surface area contributed by atoms with E-state index in [0.29, 0.717) is 37.7 Å². The molecule has 0 spiro atoms. The second kappa shape index (κ2) is 10.3. The number of pyridine rings is 1. The lowest BCUT2D eigenvalue weighted by atomic mass is 10.1. The zero-order chi connectivity index (χ0) is 23.3. The van der Waals surface area contributed by atoms with Crippen LogP contribution in [0.5, 0.6) is 5.88 Å². The van der Waals surface area contributed by atoms with Crippen molar-refractivity contribution in [2.45, 2.75) is 45.1 Å². The van der Waals surface area contributed by atoms with Crippen molar-refractivity contribution in [2.75, 3.05) is 31.1 Å². The topological polar surface area (TPSA) is 66.8 Å². The van der Waals surface area contributed by atoms with E-state index in [1.165, 1.54) is 4.90 Å². The number of nitrogens with one attached hydrogen (secondary N) is 1. The largest absolute Gasteiger partial charge is 0.476 e. The molecule has 8 heteroatoms. The van der Waals surface area contributed by atoms with Crippen LogP contribution >= 0.6 is 0 Å². The number of rotatable bonds is 11. The minimum absolute atomic E-state index is 0.219. The molecule has 1 N–H and O–H groups in total. The average molecular weight is 457 g/mol. The molecular weight excluding hydrogens is 426 g/mol. The number of amides is 1. The van der Waals surface area contributed by atoms with Gasteiger partial charge in [0.1, 0.15) is 11.4 Å². The van der Waals surface area contributed by atoms with E-state index in [2.05, 4.69) is 22.2 Å². The molecule has 33 heavy (non-hydrogen) atoms. The Morgan fingerprint density at radius 1 is 1.21 bits per heavy atom. The smallest absolute Gasteiger partial charge is 0.282 e. The van der Waals surface area contributed by atoms with Crippen molar-refractivity contribution in [1.82, 2.24) is 10.3 Å². The lowest BCUT2D eigenvalue weighted by molar-refractivity contribution is -0.0265. The summed E-state index contributed by atoms with van der Waals surface area (Å²) in [5, 5.41) is 2.88. The minimum atomic E-state index is -2.69. The van der Waals surface area contributed by atoms with Crippen LogP contribution in [0.3, 0.4) is 0 Å². The molecule has 2 heterocycles. The number of alkyl halides is 2. The number of aliphatic imine (C=N–C) groups is 1. The van der Waals surface area contributed by atoms with Crippen LogP contribution in [0.1, 0.15) is 48.7 Å². The summed E-state index contributed by atoms with van der Waals surface area (Å²) in [4.78, 5) is 23.2. The first kappa shape index (κ1) is 23.1. The average Bonchev–Trinajstić information content (AvgIpc) is 3.63. The van der Waals surface area contributed by atoms with E-state index in [0.717, 1.165) is 30.5 Å². The van der Waals surface area contributed by atoms with Gasteiger partial charge in [0, 0.05) is 18.7 Å². The third-order valence-corrected chi connectivity index (χ3v) is 5.85. The Hall–Kier alpha value is -3.03. The molecule has 1 aliphatic heterocycles. The van der Waals surface area contributed by atoms with Gasteiger partial charge in [0.25, 0.3) is 11.8 Å². The Morgan fingerprint density at radius 3 is 2.64 bits per heavy atom. The number of aromatic nitrogens is 1. The molecule has 0 unspecified atom stereocenters. The van der Waals surface area contributed by atoms with Gasteiger partial charge in [-0.25, -0.2) is 13.8 Å². The quantitative estimate of drug-likeness (QED) is 0.506. The van der Waals surface area contributed by atoms with Gasteiger partial charge in [0.15, 0.2) is 0 Å². The number of hydrogen-bond acceptors (Lipinski definition) is 5. The van der Waals surface area contributed by atoms with Crippen LogP contribution in [0.25, 0.3) is 0 Å². The molecule has 1 saturated heterocycles. The molecule has 1 aromatic carbocycles. The van der Waals surface area contributed by atoms with Crippen molar-refractivity contribution >= 4 is 17.3 Å². The van der Waals surface area contributed by atoms with Gasteiger partial charge in [-0.05, 0) is 42.9 Å². The Balaban J connectivity index is 1.34. The van der Waals surface area contributed by atoms with Crippen LogP contribution in [0.15, 0.2) is 47.5 Å². The van der Waals surface area contributed by atoms with Crippen molar-refractivity contribution < 1.29 is 18.3 Å². The molecule has 4 rings (SSSR count). The van der Waals surface area contributed by atoms with Gasteiger partial charge in [0.05, 0.1) is 26.2 Å². The van der Waals surface area contributed by atoms with Crippen molar-refractivity contribution in [3.05, 3.63) is 53.7 Å². The standard InChI is InChI=1S/C25H30F2N4O2/c1-2-20(29-14-18-6-4-3-5-7-18)12-13-28-23(32)21-10-11-22(31-16-25(26,27)17-31)24(30-21)33-15-19-8-9-19/h3-7,10-11,19H,2,8-9,12-17H2,1H3,(H,28,32). The number of hydrogen-bond donors (Lipinski definition) is 1. The summed E-state index contributed by atoms with van der Waals surface area (Å²) in [6.45, 7) is 2.89. The van der Waals surface area contributed by atoms with Gasteiger partial charge in [-0.15, -0.1) is 0 Å². The Kier molecular flexibility index (Phi) is 7.20. The zero-order valence-electron chi connectivity index (χ0n) is 18.9. The molecule has 176 valence electrons. The van der Waals surface area contributed by atoms with Gasteiger partial charge in [-0.3, -0.25) is 9.79 Å². The predicted octanol–water partition coefficient (Wildman–Crippen LogP) is 4.50. The molecule has 2 fully saturated rings. The summed E-state index contributed by atoms with van der Waals surface area (Å²) in [7, 11) is 0. The summed E-state index contributed by atoms with van der Waals surface area (Å²) in [6, 6.07) is 13.3. The maximum Gasteiger partial charge on any atom is 0.282 e. The fourth-order valence-corrected chi connectivity index (χ4v) is 3.64. The monoisotopic (exact) mass is 456 g/mol. The maximum absolute atomic E-state index is 13.3. The van der Waals surface area contributed by atoms with E-state index in [-0.39, 0.29) is 30.6 Å². The fraction of sp³-hybridized carbons (Fsp3) is 0.480. The second-order valence-electron chi connectivity index (χ2n) is 8.71. The highest BCUT2D eigenvalue weighted by Crippen LogP contribution is 2.37. The molecule has 0 atom stereocenters. The summed E-state index contributed by atoms with van der Waals surface area (Å²) >= 11 is 0. The third-order valence-electron chi connectivity index (χ3n) is 5.85. The highest BCUT2D eigenvalue weighted by Gasteiger charge is 2.45. The first-order valence-electron chi connectivity index (χ1n) is 11.5. The van der Waals surface area contributed by atoms with Crippen molar-refractivity contribution in [3.63, 3.8) is 0 Å². The molecule has 1 aromatic heterocycles. The van der Waals surface area contributed by atoms with Gasteiger partial charge in [-0.2, -0.15) is 0 Å². The van der Waals surface area contributed by atoms with Crippen LogP contribution < -0.4 is 15.0 Å². The summed E-state index contributed by atoms with van der Waals surface area (Å²) in [5.74, 6) is -2.27. The number of nitrogens with zero attached hydrogens (tertiary/aromatic N) is 3. The van der Waals surface area contributed by atoms with Crippen LogP contribution in [0.2, 0.25) is 0 Å². The van der Waals surface area contributed by atoms with Gasteiger partial charge in [0.2, 0.25) is 5.88 Å². The fourth-order valence-electron chi connectivity index (χ4n) is 3.64. The number of ether oxygens (including phenoxy) is 1. The Morgan fingerprint density at radius 2 is 1.97 bits per heavy atom. The summed E-state index contributed by atoms with van der Waals surface area (Å²) in [5.41, 5.74) is 2.92. The first-order valence-corrected chi connectivity index (χ1v) is 11.5. The molecule has 2 aromatic rings. The van der Waals surface area contributed by atoms with E-state index < -0.39 is 5.92 Å². The molecule has 6 nitrogen and oxygen atoms in total. The van der Waals surface area contributed by atoms with Crippen molar-refractivity contribution in [3.8, 4) is 5.88 Å². The highest BCUT2D eigenvalue weighted by molar-refractivity contribution is 5.93. The number of carbonyl (C=O) groups excluding carboxylic acids is 1. The van der Waals surface area contributed by atoms with E-state index in [9.17, 15) is 13.6 Å². The van der Waals surface area contributed by atoms with Crippen LogP contribution in [-0.2, 0) is 6.54 Å². The van der Waals surface area contributed by atoms with E-state index in [4.69, 9.17) is 4.74 Å². The molecule has 1 saturated carbocycles. The number of anilines is 1. The predicted molar refractivity (Wildman–Crippen MR) is 124 cm³/mol. The molecule has 1 aliphatic carbocycles. The molecule has 1 amide bonds. The van der Waals surface area contributed by atoms with E-state index in [1.807, 2.05) is 30.3 Å². The van der Waals surface area contributed by atoms with Gasteiger partial charge >= 0.3 is 0 Å². The normalized spacial score (nSPS) is 17.4. The highest BCUT2D eigenvalue weighted by atomic mass is 19.3. The lowest BCUT2D eigenvalue weighted by Crippen LogP contribution is -2.56. The minimum Gasteiger partial charge on any atom is -0.476 e. The van der Waals surface area contributed by atoms with Crippen LogP contribution in [0, 0.1) is 5.92 Å². The van der Waals surface area contributed by atoms with Crippen LogP contribution in [0.4, 0.5) is 14.5 Å². The third kappa shape index (κ3) is 6.49. The SMILES string of the molecule is CCC(CCNC(=O)c1ccc(N2CC(F)(F)C2)c(OCC2CC2)n1)=NCc1ccccc1. The van der Waals surface area contributed by atoms with E-state index >= 15 is 0 Å². The number of carbonyl (C=O) groups is 1. The first-order chi connectivity index (χ1) is 15.9. The van der Waals surface area contributed by atoms with E-state index in [1.54, 1.807) is 12.1 Å². The zero-order valence-corrected chi connectivity index (χ0v) is 18.9. The van der Waals surface area contributed by atoms with Gasteiger partial charge < -0.3 is 15.0 Å². The Bertz CT molecular complexity index is 985. The van der Waals surface area contributed by atoms with Crippen molar-refractivity contribution in [1.29, 1.82) is 0 Å². The number of halogens is 2. The van der Waals surface area contributed by atoms with Crippen molar-refractivity contribution in [2.24, 2.45) is 10.9 Å². The second-order valence-corrected chi connectivity index (χ2v) is 8.71. The lowest BCUT2D eigenvalue weighted by Gasteiger charge is -2.40. The maximum atomic E-state index is 13.3. The number of benzene rings is 1. The molecular formula is C25H30F2N4O2. The summed E-state index contributed by atoms with van der Waals surface area (Å²) in [6.07, 6.45) is 3.67. The molecule has 2 aliphatic rings. The summed E-state index contributed by atoms with van der Waals surface area (Å²) < 4.78 is 32.5. The van der Waals surface area contributed by atoms with Crippen LogP contribution in [-0.4, -0.2) is 48.8 Å².